The number of amidine groups is 1. The molecule has 21 heavy (non-hydrogen) atoms. The lowest BCUT2D eigenvalue weighted by atomic mass is 9.99. The number of aryl methyl sites for hydroxylation is 1. The van der Waals surface area contributed by atoms with Gasteiger partial charge in [-0.3, -0.25) is 4.99 Å². The van der Waals surface area contributed by atoms with Crippen LogP contribution in [0.5, 0.6) is 0 Å². The summed E-state index contributed by atoms with van der Waals surface area (Å²) in [5, 5.41) is 5.70. The molecule has 3 rings (SSSR count). The Balaban J connectivity index is 0.000000510. The number of hydrogen-bond donors (Lipinski definition) is 1. The van der Waals surface area contributed by atoms with Crippen LogP contribution in [0, 0.1) is 13.8 Å². The highest BCUT2D eigenvalue weighted by atomic mass is 32.1. The van der Waals surface area contributed by atoms with Gasteiger partial charge in [0.15, 0.2) is 0 Å². The second-order valence-corrected chi connectivity index (χ2v) is 5.92. The van der Waals surface area contributed by atoms with Crippen molar-refractivity contribution in [3.8, 4) is 0 Å². The summed E-state index contributed by atoms with van der Waals surface area (Å²) in [6.07, 6.45) is 3.68. The van der Waals surface area contributed by atoms with Crippen LogP contribution in [0.2, 0.25) is 0 Å². The molecular formula is C18H30N2S. The maximum atomic E-state index is 4.83. The van der Waals surface area contributed by atoms with Crippen LogP contribution >= 0.6 is 11.3 Å². The first kappa shape index (κ1) is 18.0. The molecule has 0 aromatic carbocycles. The minimum atomic E-state index is 0.299. The molecule has 1 aliphatic carbocycles. The lowest BCUT2D eigenvalue weighted by molar-refractivity contribution is 0.775. The number of rotatable bonds is 1. The van der Waals surface area contributed by atoms with E-state index >= 15 is 0 Å². The fourth-order valence-corrected chi connectivity index (χ4v) is 3.89. The van der Waals surface area contributed by atoms with Crippen LogP contribution < -0.4 is 5.32 Å². The number of hydrogen-bond acceptors (Lipinski definition) is 3. The van der Waals surface area contributed by atoms with E-state index in [0.29, 0.717) is 6.04 Å². The van der Waals surface area contributed by atoms with Crippen molar-refractivity contribution >= 4 is 17.2 Å². The molecule has 1 aliphatic heterocycles. The molecule has 0 bridgehead atoms. The third-order valence-corrected chi connectivity index (χ3v) is 5.07. The first-order chi connectivity index (χ1) is 10.2. The number of allylic oxidation sites excluding steroid dienone is 1. The van der Waals surface area contributed by atoms with Crippen molar-refractivity contribution in [2.45, 2.75) is 73.8 Å². The molecular weight excluding hydrogens is 276 g/mol. The molecule has 1 N–H and O–H groups in total. The fourth-order valence-electron chi connectivity index (χ4n) is 2.74. The van der Waals surface area contributed by atoms with Crippen LogP contribution in [0.25, 0.3) is 0 Å². The van der Waals surface area contributed by atoms with Gasteiger partial charge in [0.05, 0.1) is 5.84 Å². The maximum Gasteiger partial charge on any atom is 0.109 e. The Hall–Kier alpha value is -1.09. The average Bonchev–Trinajstić information content (AvgIpc) is 3.10. The highest BCUT2D eigenvalue weighted by Gasteiger charge is 2.29. The number of thiophene rings is 1. The van der Waals surface area contributed by atoms with E-state index in [4.69, 9.17) is 4.99 Å². The van der Waals surface area contributed by atoms with Crippen molar-refractivity contribution in [1.29, 1.82) is 0 Å². The van der Waals surface area contributed by atoms with Crippen molar-refractivity contribution in [2.75, 3.05) is 0 Å². The lowest BCUT2D eigenvalue weighted by Crippen LogP contribution is -2.25. The van der Waals surface area contributed by atoms with Crippen LogP contribution in [-0.4, -0.2) is 5.84 Å². The number of nitrogens with one attached hydrogen (secondary N) is 1. The van der Waals surface area contributed by atoms with E-state index in [1.54, 1.807) is 0 Å². The van der Waals surface area contributed by atoms with Gasteiger partial charge < -0.3 is 5.32 Å². The standard InChI is InChI=1S/C14H18N2S.2C2H6/c1-8-7-17-14(9(8)2)13-11-5-4-6-12(11)15-10(3)16-13;2*1-2/h7,13H,4-6H2,1-3H3,(H,15,16);2*1-2H3. The molecule has 2 aliphatic rings. The number of aliphatic imine (C=N–C) groups is 1. The molecule has 1 aromatic heterocycles. The first-order valence-corrected chi connectivity index (χ1v) is 9.12. The summed E-state index contributed by atoms with van der Waals surface area (Å²) in [6.45, 7) is 14.5. The molecule has 0 fully saturated rings. The molecule has 3 heteroatoms. The molecule has 1 aromatic rings. The Labute approximate surface area is 134 Å². The summed E-state index contributed by atoms with van der Waals surface area (Å²) in [4.78, 5) is 6.27. The van der Waals surface area contributed by atoms with E-state index in [0.717, 1.165) is 5.84 Å². The third kappa shape index (κ3) is 3.76. The van der Waals surface area contributed by atoms with Crippen LogP contribution in [-0.2, 0) is 0 Å². The monoisotopic (exact) mass is 306 g/mol. The van der Waals surface area contributed by atoms with Gasteiger partial charge in [0.2, 0.25) is 0 Å². The van der Waals surface area contributed by atoms with Gasteiger partial charge in [-0.15, -0.1) is 11.3 Å². The molecule has 0 radical (unpaired) electrons. The van der Waals surface area contributed by atoms with Gasteiger partial charge in [0.1, 0.15) is 6.04 Å². The Kier molecular flexibility index (Phi) is 7.16. The molecule has 1 atom stereocenters. The van der Waals surface area contributed by atoms with E-state index in [9.17, 15) is 0 Å². The minimum absolute atomic E-state index is 0.299. The predicted molar refractivity (Wildman–Crippen MR) is 96.4 cm³/mol. The quantitative estimate of drug-likeness (QED) is 0.684. The van der Waals surface area contributed by atoms with Gasteiger partial charge in [-0.1, -0.05) is 27.7 Å². The zero-order chi connectivity index (χ0) is 16.0. The van der Waals surface area contributed by atoms with E-state index in [2.05, 4.69) is 31.5 Å². The van der Waals surface area contributed by atoms with Gasteiger partial charge in [0, 0.05) is 10.6 Å². The summed E-state index contributed by atoms with van der Waals surface area (Å²) in [5.41, 5.74) is 5.79. The Morgan fingerprint density at radius 2 is 1.76 bits per heavy atom. The average molecular weight is 307 g/mol. The van der Waals surface area contributed by atoms with Crippen LogP contribution in [0.4, 0.5) is 0 Å². The second-order valence-electron chi connectivity index (χ2n) is 5.01. The summed E-state index contributed by atoms with van der Waals surface area (Å²) in [7, 11) is 0. The molecule has 0 saturated carbocycles. The zero-order valence-corrected chi connectivity index (χ0v) is 15.4. The Bertz CT molecular complexity index is 523. The molecule has 2 nitrogen and oxygen atoms in total. The van der Waals surface area contributed by atoms with E-state index in [-0.39, 0.29) is 0 Å². The van der Waals surface area contributed by atoms with Gasteiger partial charge in [-0.2, -0.15) is 0 Å². The highest BCUT2D eigenvalue weighted by molar-refractivity contribution is 7.10. The van der Waals surface area contributed by atoms with Crippen molar-refractivity contribution < 1.29 is 0 Å². The van der Waals surface area contributed by atoms with Crippen LogP contribution in [0.3, 0.4) is 0 Å². The van der Waals surface area contributed by atoms with Gasteiger partial charge in [-0.25, -0.2) is 0 Å². The SMILES string of the molecule is CC.CC.CC1=NC(c2scc(C)c2C)C2=C(CCC2)N1. The van der Waals surface area contributed by atoms with E-state index in [1.165, 1.54) is 46.5 Å². The topological polar surface area (TPSA) is 24.4 Å². The largest absolute Gasteiger partial charge is 0.348 e. The first-order valence-electron chi connectivity index (χ1n) is 8.24. The Morgan fingerprint density at radius 1 is 1.10 bits per heavy atom. The lowest BCUT2D eigenvalue weighted by Gasteiger charge is -2.23. The molecule has 0 spiro atoms. The van der Waals surface area contributed by atoms with Crippen molar-refractivity contribution in [3.05, 3.63) is 32.7 Å². The zero-order valence-electron chi connectivity index (χ0n) is 14.6. The fraction of sp³-hybridized carbons (Fsp3) is 0.611. The molecule has 1 unspecified atom stereocenters. The van der Waals surface area contributed by atoms with Crippen molar-refractivity contribution in [1.82, 2.24) is 5.32 Å². The molecule has 118 valence electrons. The maximum absolute atomic E-state index is 4.83. The smallest absolute Gasteiger partial charge is 0.109 e. The summed E-state index contributed by atoms with van der Waals surface area (Å²) in [5.74, 6) is 1.07. The van der Waals surface area contributed by atoms with Crippen molar-refractivity contribution in [3.63, 3.8) is 0 Å². The van der Waals surface area contributed by atoms with E-state index < -0.39 is 0 Å². The summed E-state index contributed by atoms with van der Waals surface area (Å²) in [6, 6.07) is 0.299. The van der Waals surface area contributed by atoms with Gasteiger partial charge >= 0.3 is 0 Å². The Morgan fingerprint density at radius 3 is 2.33 bits per heavy atom. The summed E-state index contributed by atoms with van der Waals surface area (Å²) >= 11 is 1.86. The normalized spacial score (nSPS) is 19.6. The van der Waals surface area contributed by atoms with E-state index in [1.807, 2.05) is 39.0 Å². The molecule has 0 saturated heterocycles. The minimum Gasteiger partial charge on any atom is -0.348 e. The van der Waals surface area contributed by atoms with Gasteiger partial charge in [-0.05, 0) is 62.1 Å². The second kappa shape index (κ2) is 8.38. The highest BCUT2D eigenvalue weighted by Crippen LogP contribution is 2.42. The predicted octanol–water partition coefficient (Wildman–Crippen LogP) is 5.92. The summed E-state index contributed by atoms with van der Waals surface area (Å²) < 4.78 is 0. The van der Waals surface area contributed by atoms with Crippen molar-refractivity contribution in [2.24, 2.45) is 4.99 Å². The van der Waals surface area contributed by atoms with Crippen LogP contribution in [0.1, 0.15) is 75.9 Å². The third-order valence-electron chi connectivity index (χ3n) is 3.82. The number of nitrogens with zero attached hydrogens (tertiary/aromatic N) is 1. The van der Waals surface area contributed by atoms with Gasteiger partial charge in [0.25, 0.3) is 0 Å². The van der Waals surface area contributed by atoms with Crippen LogP contribution in [0.15, 0.2) is 21.6 Å². The molecule has 2 heterocycles. The molecule has 0 amide bonds.